The average molecular weight is 240 g/mol. The minimum atomic E-state index is -0.00192. The van der Waals surface area contributed by atoms with E-state index in [4.69, 9.17) is 16.3 Å². The largest absolute Gasteiger partial charge is 0.496 e. The number of ether oxygens (including phenoxy) is 1. The van der Waals surface area contributed by atoms with E-state index in [-0.39, 0.29) is 5.54 Å². The molecule has 2 rings (SSSR count). The van der Waals surface area contributed by atoms with E-state index in [1.54, 1.807) is 7.11 Å². The van der Waals surface area contributed by atoms with Crippen molar-refractivity contribution < 1.29 is 4.74 Å². The summed E-state index contributed by atoms with van der Waals surface area (Å²) < 4.78 is 5.36. The second-order valence-electron chi connectivity index (χ2n) is 4.66. The molecular formula is C13H18ClNO. The van der Waals surface area contributed by atoms with Crippen LogP contribution in [0.4, 0.5) is 0 Å². The number of hydrogen-bond donors (Lipinski definition) is 1. The summed E-state index contributed by atoms with van der Waals surface area (Å²) in [5.74, 6) is 0.911. The summed E-state index contributed by atoms with van der Waals surface area (Å²) in [6.07, 6.45) is 2.32. The molecule has 0 amide bonds. The van der Waals surface area contributed by atoms with Gasteiger partial charge in [0, 0.05) is 10.6 Å². The van der Waals surface area contributed by atoms with E-state index in [0.717, 1.165) is 34.9 Å². The predicted molar refractivity (Wildman–Crippen MR) is 67.3 cm³/mol. The molecular weight excluding hydrogens is 222 g/mol. The normalized spacial score (nSPS) is 24.8. The lowest BCUT2D eigenvalue weighted by atomic mass is 9.89. The third kappa shape index (κ3) is 1.92. The summed E-state index contributed by atoms with van der Waals surface area (Å²) in [7, 11) is 1.70. The maximum Gasteiger partial charge on any atom is 0.122 e. The van der Waals surface area contributed by atoms with Gasteiger partial charge in [0.2, 0.25) is 0 Å². The van der Waals surface area contributed by atoms with Gasteiger partial charge in [-0.3, -0.25) is 0 Å². The molecule has 1 unspecified atom stereocenters. The molecule has 0 saturated carbocycles. The molecule has 1 aliphatic rings. The molecule has 1 saturated heterocycles. The first-order valence-corrected chi connectivity index (χ1v) is 6.04. The Hall–Kier alpha value is -0.730. The van der Waals surface area contributed by atoms with E-state index in [2.05, 4.69) is 18.3 Å². The lowest BCUT2D eigenvalue weighted by Gasteiger charge is -2.27. The highest BCUT2D eigenvalue weighted by Gasteiger charge is 2.32. The molecule has 1 atom stereocenters. The third-order valence-corrected chi connectivity index (χ3v) is 3.76. The van der Waals surface area contributed by atoms with Crippen molar-refractivity contribution in [2.45, 2.75) is 32.2 Å². The third-order valence-electron chi connectivity index (χ3n) is 3.45. The smallest absolute Gasteiger partial charge is 0.122 e. The van der Waals surface area contributed by atoms with Gasteiger partial charge in [-0.1, -0.05) is 11.6 Å². The zero-order chi connectivity index (χ0) is 11.8. The molecule has 1 heterocycles. The fourth-order valence-corrected chi connectivity index (χ4v) is 2.85. The number of hydrogen-bond acceptors (Lipinski definition) is 2. The van der Waals surface area contributed by atoms with Gasteiger partial charge in [0.25, 0.3) is 0 Å². The van der Waals surface area contributed by atoms with Gasteiger partial charge in [-0.2, -0.15) is 0 Å². The van der Waals surface area contributed by atoms with E-state index in [9.17, 15) is 0 Å². The highest BCUT2D eigenvalue weighted by atomic mass is 35.5. The van der Waals surface area contributed by atoms with Gasteiger partial charge in [0.1, 0.15) is 5.75 Å². The van der Waals surface area contributed by atoms with Crippen molar-refractivity contribution in [1.29, 1.82) is 0 Å². The van der Waals surface area contributed by atoms with Crippen LogP contribution in [0.25, 0.3) is 0 Å². The number of halogens is 1. The molecule has 1 aliphatic heterocycles. The number of aryl methyl sites for hydroxylation is 1. The highest BCUT2D eigenvalue weighted by molar-refractivity contribution is 6.31. The van der Waals surface area contributed by atoms with Gasteiger partial charge >= 0.3 is 0 Å². The van der Waals surface area contributed by atoms with E-state index >= 15 is 0 Å². The van der Waals surface area contributed by atoms with E-state index in [1.807, 2.05) is 13.0 Å². The SMILES string of the molecule is COc1cc(C2(C)CCCN2)c(Cl)cc1C. The first-order valence-electron chi connectivity index (χ1n) is 5.66. The van der Waals surface area contributed by atoms with Gasteiger partial charge < -0.3 is 10.1 Å². The van der Waals surface area contributed by atoms with Crippen LogP contribution >= 0.6 is 11.6 Å². The van der Waals surface area contributed by atoms with Crippen molar-refractivity contribution in [2.24, 2.45) is 0 Å². The maximum atomic E-state index is 6.33. The second kappa shape index (κ2) is 4.27. The first kappa shape index (κ1) is 11.7. The minimum Gasteiger partial charge on any atom is -0.496 e. The van der Waals surface area contributed by atoms with Gasteiger partial charge in [0.15, 0.2) is 0 Å². The Balaban J connectivity index is 2.47. The van der Waals surface area contributed by atoms with Crippen LogP contribution in [0.1, 0.15) is 30.9 Å². The molecule has 88 valence electrons. The van der Waals surface area contributed by atoms with E-state index < -0.39 is 0 Å². The van der Waals surface area contributed by atoms with Crippen LogP contribution in [0.2, 0.25) is 5.02 Å². The molecule has 1 N–H and O–H groups in total. The van der Waals surface area contributed by atoms with Crippen LogP contribution in [0.5, 0.6) is 5.75 Å². The zero-order valence-corrected chi connectivity index (χ0v) is 10.8. The number of nitrogens with one attached hydrogen (secondary N) is 1. The molecule has 0 aliphatic carbocycles. The number of rotatable bonds is 2. The van der Waals surface area contributed by atoms with Crippen molar-refractivity contribution in [3.05, 3.63) is 28.3 Å². The van der Waals surface area contributed by atoms with Gasteiger partial charge in [-0.15, -0.1) is 0 Å². The van der Waals surface area contributed by atoms with E-state index in [1.165, 1.54) is 6.42 Å². The highest BCUT2D eigenvalue weighted by Crippen LogP contribution is 2.38. The molecule has 16 heavy (non-hydrogen) atoms. The Labute approximate surface area is 102 Å². The van der Waals surface area contributed by atoms with Crippen molar-refractivity contribution in [2.75, 3.05) is 13.7 Å². The molecule has 0 aromatic heterocycles. The van der Waals surface area contributed by atoms with Crippen LogP contribution < -0.4 is 10.1 Å². The van der Waals surface area contributed by atoms with E-state index in [0.29, 0.717) is 0 Å². The zero-order valence-electron chi connectivity index (χ0n) is 10.1. The Morgan fingerprint density at radius 3 is 2.75 bits per heavy atom. The maximum absolute atomic E-state index is 6.33. The molecule has 1 fully saturated rings. The standard InChI is InChI=1S/C13H18ClNO/c1-9-7-11(14)10(8-12(9)16-3)13(2)5-4-6-15-13/h7-8,15H,4-6H2,1-3H3. The summed E-state index contributed by atoms with van der Waals surface area (Å²) >= 11 is 6.33. The Kier molecular flexibility index (Phi) is 3.13. The molecule has 0 spiro atoms. The first-order chi connectivity index (χ1) is 7.57. The van der Waals surface area contributed by atoms with Crippen LogP contribution in [0, 0.1) is 6.92 Å². The lowest BCUT2D eigenvalue weighted by molar-refractivity contribution is 0.401. The van der Waals surface area contributed by atoms with Crippen molar-refractivity contribution in [1.82, 2.24) is 5.32 Å². The molecule has 1 aromatic carbocycles. The van der Waals surface area contributed by atoms with Crippen LogP contribution in [-0.2, 0) is 5.54 Å². The van der Waals surface area contributed by atoms with Crippen molar-refractivity contribution in [3.8, 4) is 5.75 Å². The Morgan fingerprint density at radius 2 is 2.19 bits per heavy atom. The summed E-state index contributed by atoms with van der Waals surface area (Å²) in [5, 5.41) is 4.35. The number of methoxy groups -OCH3 is 1. The number of benzene rings is 1. The quantitative estimate of drug-likeness (QED) is 0.856. The summed E-state index contributed by atoms with van der Waals surface area (Å²) in [6.45, 7) is 5.28. The molecule has 2 nitrogen and oxygen atoms in total. The summed E-state index contributed by atoms with van der Waals surface area (Å²) in [4.78, 5) is 0. The molecule has 3 heteroatoms. The molecule has 0 bridgehead atoms. The molecule has 0 radical (unpaired) electrons. The van der Waals surface area contributed by atoms with Gasteiger partial charge in [-0.25, -0.2) is 0 Å². The van der Waals surface area contributed by atoms with Gasteiger partial charge in [0.05, 0.1) is 7.11 Å². The Morgan fingerprint density at radius 1 is 1.44 bits per heavy atom. The average Bonchev–Trinajstić information content (AvgIpc) is 2.66. The fraction of sp³-hybridized carbons (Fsp3) is 0.538. The topological polar surface area (TPSA) is 21.3 Å². The van der Waals surface area contributed by atoms with Crippen molar-refractivity contribution in [3.63, 3.8) is 0 Å². The van der Waals surface area contributed by atoms with Crippen LogP contribution in [0.3, 0.4) is 0 Å². The second-order valence-corrected chi connectivity index (χ2v) is 5.07. The monoisotopic (exact) mass is 239 g/mol. The van der Waals surface area contributed by atoms with Crippen molar-refractivity contribution >= 4 is 11.6 Å². The van der Waals surface area contributed by atoms with Crippen LogP contribution in [-0.4, -0.2) is 13.7 Å². The molecule has 1 aromatic rings. The van der Waals surface area contributed by atoms with Gasteiger partial charge in [-0.05, 0) is 56.5 Å². The summed E-state index contributed by atoms with van der Waals surface area (Å²) in [5.41, 5.74) is 2.23. The van der Waals surface area contributed by atoms with Crippen LogP contribution in [0.15, 0.2) is 12.1 Å². The minimum absolute atomic E-state index is 0.00192. The Bertz CT molecular complexity index is 397. The lowest BCUT2D eigenvalue weighted by Crippen LogP contribution is -2.33. The summed E-state index contributed by atoms with van der Waals surface area (Å²) in [6, 6.07) is 4.05. The predicted octanol–water partition coefficient (Wildman–Crippen LogP) is 3.26. The fourth-order valence-electron chi connectivity index (χ4n) is 2.42.